The zero-order valence-corrected chi connectivity index (χ0v) is 9.40. The minimum atomic E-state index is 0.119. The summed E-state index contributed by atoms with van der Waals surface area (Å²) < 4.78 is 10.6. The standard InChI is InChI=1S/C12H19NO2/c1-10(14-2)9-15-12-5-3-11(4-6-12)7-8-13/h3-6,10H,7-9,13H2,1-2H3. The van der Waals surface area contributed by atoms with Crippen LogP contribution in [0.4, 0.5) is 0 Å². The molecule has 0 saturated carbocycles. The summed E-state index contributed by atoms with van der Waals surface area (Å²) in [4.78, 5) is 0. The van der Waals surface area contributed by atoms with Gasteiger partial charge in [0.1, 0.15) is 12.4 Å². The van der Waals surface area contributed by atoms with E-state index in [1.165, 1.54) is 5.56 Å². The van der Waals surface area contributed by atoms with Crippen molar-refractivity contribution < 1.29 is 9.47 Å². The molecule has 0 aromatic heterocycles. The molecule has 84 valence electrons. The SMILES string of the molecule is COC(C)COc1ccc(CCN)cc1. The molecule has 1 rings (SSSR count). The normalized spacial score (nSPS) is 12.5. The van der Waals surface area contributed by atoms with Crippen LogP contribution in [0.1, 0.15) is 12.5 Å². The molecule has 0 heterocycles. The maximum Gasteiger partial charge on any atom is 0.119 e. The van der Waals surface area contributed by atoms with Gasteiger partial charge in [0.2, 0.25) is 0 Å². The average Bonchev–Trinajstić information content (AvgIpc) is 2.28. The van der Waals surface area contributed by atoms with Crippen molar-refractivity contribution in [1.82, 2.24) is 0 Å². The number of rotatable bonds is 6. The monoisotopic (exact) mass is 209 g/mol. The minimum absolute atomic E-state index is 0.119. The smallest absolute Gasteiger partial charge is 0.119 e. The Morgan fingerprint density at radius 1 is 1.27 bits per heavy atom. The fourth-order valence-corrected chi connectivity index (χ4v) is 1.20. The molecule has 0 radical (unpaired) electrons. The van der Waals surface area contributed by atoms with Crippen LogP contribution < -0.4 is 10.5 Å². The molecule has 0 aliphatic carbocycles. The lowest BCUT2D eigenvalue weighted by Crippen LogP contribution is -2.15. The lowest BCUT2D eigenvalue weighted by Gasteiger charge is -2.11. The van der Waals surface area contributed by atoms with Crippen LogP contribution in [-0.2, 0) is 11.2 Å². The van der Waals surface area contributed by atoms with E-state index in [1.54, 1.807) is 7.11 Å². The van der Waals surface area contributed by atoms with E-state index in [9.17, 15) is 0 Å². The maximum atomic E-state index is 5.54. The van der Waals surface area contributed by atoms with Gasteiger partial charge >= 0.3 is 0 Å². The molecule has 15 heavy (non-hydrogen) atoms. The largest absolute Gasteiger partial charge is 0.491 e. The van der Waals surface area contributed by atoms with Gasteiger partial charge in [0.15, 0.2) is 0 Å². The maximum absolute atomic E-state index is 5.54. The van der Waals surface area contributed by atoms with Gasteiger partial charge in [-0.25, -0.2) is 0 Å². The average molecular weight is 209 g/mol. The number of nitrogens with two attached hydrogens (primary N) is 1. The molecule has 0 saturated heterocycles. The Labute approximate surface area is 91.2 Å². The molecule has 0 fully saturated rings. The number of hydrogen-bond acceptors (Lipinski definition) is 3. The molecule has 2 N–H and O–H groups in total. The first-order valence-corrected chi connectivity index (χ1v) is 5.21. The van der Waals surface area contributed by atoms with E-state index in [2.05, 4.69) is 0 Å². The van der Waals surface area contributed by atoms with Crippen molar-refractivity contribution in [2.75, 3.05) is 20.3 Å². The first-order chi connectivity index (χ1) is 7.26. The predicted molar refractivity (Wildman–Crippen MR) is 61.2 cm³/mol. The summed E-state index contributed by atoms with van der Waals surface area (Å²) in [7, 11) is 1.68. The molecule has 0 aliphatic heterocycles. The second-order valence-corrected chi connectivity index (χ2v) is 3.54. The number of hydrogen-bond donors (Lipinski definition) is 1. The zero-order valence-electron chi connectivity index (χ0n) is 9.40. The van der Waals surface area contributed by atoms with E-state index in [0.717, 1.165) is 12.2 Å². The highest BCUT2D eigenvalue weighted by atomic mass is 16.5. The first kappa shape index (κ1) is 12.0. The summed E-state index contributed by atoms with van der Waals surface area (Å²) in [6.45, 7) is 3.23. The van der Waals surface area contributed by atoms with Crippen molar-refractivity contribution in [2.24, 2.45) is 5.73 Å². The van der Waals surface area contributed by atoms with Gasteiger partial charge in [0.25, 0.3) is 0 Å². The van der Waals surface area contributed by atoms with E-state index < -0.39 is 0 Å². The molecule has 0 amide bonds. The number of ether oxygens (including phenoxy) is 2. The van der Waals surface area contributed by atoms with Crippen LogP contribution in [0.5, 0.6) is 5.75 Å². The third-order valence-electron chi connectivity index (χ3n) is 2.24. The van der Waals surface area contributed by atoms with Gasteiger partial charge in [0, 0.05) is 7.11 Å². The van der Waals surface area contributed by atoms with Crippen LogP contribution in [0, 0.1) is 0 Å². The summed E-state index contributed by atoms with van der Waals surface area (Å²) in [6, 6.07) is 8.01. The summed E-state index contributed by atoms with van der Waals surface area (Å²) in [6.07, 6.45) is 1.03. The van der Waals surface area contributed by atoms with Crippen LogP contribution in [0.2, 0.25) is 0 Å². The molecular formula is C12H19NO2. The Kier molecular flexibility index (Phi) is 5.15. The van der Waals surface area contributed by atoms with Gasteiger partial charge in [0.05, 0.1) is 6.10 Å². The Balaban J connectivity index is 2.42. The minimum Gasteiger partial charge on any atom is -0.491 e. The highest BCUT2D eigenvalue weighted by Crippen LogP contribution is 2.12. The van der Waals surface area contributed by atoms with Crippen LogP contribution in [0.3, 0.4) is 0 Å². The third-order valence-corrected chi connectivity index (χ3v) is 2.24. The Hall–Kier alpha value is -1.06. The fourth-order valence-electron chi connectivity index (χ4n) is 1.20. The highest BCUT2D eigenvalue weighted by Gasteiger charge is 2.00. The van der Waals surface area contributed by atoms with Gasteiger partial charge < -0.3 is 15.2 Å². The van der Waals surface area contributed by atoms with E-state index in [4.69, 9.17) is 15.2 Å². The lowest BCUT2D eigenvalue weighted by atomic mass is 10.1. The summed E-state index contributed by atoms with van der Waals surface area (Å²) in [5, 5.41) is 0. The van der Waals surface area contributed by atoms with Crippen molar-refractivity contribution >= 4 is 0 Å². The molecule has 1 unspecified atom stereocenters. The van der Waals surface area contributed by atoms with E-state index in [-0.39, 0.29) is 6.10 Å². The first-order valence-electron chi connectivity index (χ1n) is 5.21. The molecule has 0 aliphatic rings. The van der Waals surface area contributed by atoms with Crippen LogP contribution >= 0.6 is 0 Å². The number of methoxy groups -OCH3 is 1. The van der Waals surface area contributed by atoms with Crippen molar-refractivity contribution in [3.8, 4) is 5.75 Å². The molecule has 3 heteroatoms. The van der Waals surface area contributed by atoms with E-state index in [0.29, 0.717) is 13.2 Å². The van der Waals surface area contributed by atoms with Gasteiger partial charge in [-0.15, -0.1) is 0 Å². The molecule has 1 atom stereocenters. The van der Waals surface area contributed by atoms with Gasteiger partial charge in [-0.3, -0.25) is 0 Å². The molecule has 1 aromatic rings. The Morgan fingerprint density at radius 2 is 1.93 bits per heavy atom. The van der Waals surface area contributed by atoms with Crippen molar-refractivity contribution in [2.45, 2.75) is 19.4 Å². The van der Waals surface area contributed by atoms with Gasteiger partial charge in [-0.2, -0.15) is 0 Å². The Morgan fingerprint density at radius 3 is 2.47 bits per heavy atom. The second-order valence-electron chi connectivity index (χ2n) is 3.54. The zero-order chi connectivity index (χ0) is 11.1. The second kappa shape index (κ2) is 6.43. The topological polar surface area (TPSA) is 44.5 Å². The summed E-state index contributed by atoms with van der Waals surface area (Å²) >= 11 is 0. The van der Waals surface area contributed by atoms with E-state index in [1.807, 2.05) is 31.2 Å². The number of benzene rings is 1. The van der Waals surface area contributed by atoms with Crippen LogP contribution in [-0.4, -0.2) is 26.4 Å². The quantitative estimate of drug-likeness (QED) is 0.774. The van der Waals surface area contributed by atoms with Crippen LogP contribution in [0.15, 0.2) is 24.3 Å². The third kappa shape index (κ3) is 4.32. The Bertz CT molecular complexity index is 271. The summed E-state index contributed by atoms with van der Waals surface area (Å²) in [5.74, 6) is 0.875. The fraction of sp³-hybridized carbons (Fsp3) is 0.500. The van der Waals surface area contributed by atoms with Gasteiger partial charge in [-0.1, -0.05) is 12.1 Å². The van der Waals surface area contributed by atoms with Crippen molar-refractivity contribution in [3.63, 3.8) is 0 Å². The molecule has 0 bridgehead atoms. The lowest BCUT2D eigenvalue weighted by molar-refractivity contribution is 0.0716. The van der Waals surface area contributed by atoms with Crippen molar-refractivity contribution in [1.29, 1.82) is 0 Å². The van der Waals surface area contributed by atoms with E-state index >= 15 is 0 Å². The molecule has 1 aromatic carbocycles. The highest BCUT2D eigenvalue weighted by molar-refractivity contribution is 5.27. The molecular weight excluding hydrogens is 190 g/mol. The van der Waals surface area contributed by atoms with Crippen LogP contribution in [0.25, 0.3) is 0 Å². The molecule has 3 nitrogen and oxygen atoms in total. The molecule has 0 spiro atoms. The van der Waals surface area contributed by atoms with Gasteiger partial charge in [-0.05, 0) is 37.6 Å². The predicted octanol–water partition coefficient (Wildman–Crippen LogP) is 1.60. The van der Waals surface area contributed by atoms with Crippen molar-refractivity contribution in [3.05, 3.63) is 29.8 Å². The summed E-state index contributed by atoms with van der Waals surface area (Å²) in [5.41, 5.74) is 6.71.